The largest absolute Gasteiger partial charge is 0.478 e. The average Bonchev–Trinajstić information content (AvgIpc) is 3.47. The number of carboxylic acids is 1. The van der Waals surface area contributed by atoms with Gasteiger partial charge in [0, 0.05) is 0 Å². The molecular formula is C33H22O2. The van der Waals surface area contributed by atoms with Crippen molar-refractivity contribution in [3.05, 3.63) is 131 Å². The van der Waals surface area contributed by atoms with E-state index in [0.717, 1.165) is 35.1 Å². The first-order valence-corrected chi connectivity index (χ1v) is 12.0. The second-order valence-electron chi connectivity index (χ2n) is 9.40. The lowest BCUT2D eigenvalue weighted by atomic mass is 9.89. The second kappa shape index (κ2) is 7.54. The molecular weight excluding hydrogens is 428 g/mol. The van der Waals surface area contributed by atoms with Crippen LogP contribution in [0.5, 0.6) is 0 Å². The van der Waals surface area contributed by atoms with Crippen molar-refractivity contribution in [3.63, 3.8) is 0 Å². The highest BCUT2D eigenvalue weighted by atomic mass is 16.4. The molecule has 166 valence electrons. The van der Waals surface area contributed by atoms with Crippen molar-refractivity contribution in [2.45, 2.75) is 12.8 Å². The van der Waals surface area contributed by atoms with E-state index < -0.39 is 5.97 Å². The Labute approximate surface area is 204 Å². The third-order valence-electron chi connectivity index (χ3n) is 7.55. The van der Waals surface area contributed by atoms with E-state index in [1.165, 1.54) is 44.5 Å². The van der Waals surface area contributed by atoms with Gasteiger partial charge >= 0.3 is 5.97 Å². The number of aromatic carboxylic acids is 1. The highest BCUT2D eigenvalue weighted by Gasteiger charge is 2.25. The summed E-state index contributed by atoms with van der Waals surface area (Å²) in [5.41, 5.74) is 14.3. The van der Waals surface area contributed by atoms with E-state index >= 15 is 0 Å². The van der Waals surface area contributed by atoms with Crippen molar-refractivity contribution in [3.8, 4) is 44.5 Å². The van der Waals surface area contributed by atoms with Crippen molar-refractivity contribution >= 4 is 5.97 Å². The molecule has 0 unspecified atom stereocenters. The van der Waals surface area contributed by atoms with Gasteiger partial charge in [0.1, 0.15) is 0 Å². The molecule has 2 aliphatic carbocycles. The molecule has 0 fully saturated rings. The van der Waals surface area contributed by atoms with Gasteiger partial charge in [0.2, 0.25) is 0 Å². The van der Waals surface area contributed by atoms with Crippen LogP contribution in [-0.2, 0) is 12.8 Å². The van der Waals surface area contributed by atoms with Crippen LogP contribution >= 0.6 is 0 Å². The number of benzene rings is 5. The summed E-state index contributed by atoms with van der Waals surface area (Å²) in [5, 5.41) is 10.3. The Morgan fingerprint density at radius 1 is 0.514 bits per heavy atom. The van der Waals surface area contributed by atoms with Gasteiger partial charge in [0.25, 0.3) is 0 Å². The molecule has 2 nitrogen and oxygen atoms in total. The Morgan fingerprint density at radius 3 is 1.60 bits per heavy atom. The predicted molar refractivity (Wildman–Crippen MR) is 141 cm³/mol. The summed E-state index contributed by atoms with van der Waals surface area (Å²) in [6, 6.07) is 35.5. The van der Waals surface area contributed by atoms with Crippen LogP contribution in [0.1, 0.15) is 32.6 Å². The summed E-state index contributed by atoms with van der Waals surface area (Å²) >= 11 is 0. The van der Waals surface area contributed by atoms with Gasteiger partial charge in [-0.15, -0.1) is 0 Å². The zero-order valence-electron chi connectivity index (χ0n) is 19.1. The molecule has 7 rings (SSSR count). The number of fused-ring (bicyclic) bond motifs is 6. The van der Waals surface area contributed by atoms with Gasteiger partial charge in [-0.2, -0.15) is 0 Å². The van der Waals surface area contributed by atoms with Crippen molar-refractivity contribution in [1.82, 2.24) is 0 Å². The van der Waals surface area contributed by atoms with E-state index in [4.69, 9.17) is 0 Å². The maximum Gasteiger partial charge on any atom is 0.336 e. The quantitative estimate of drug-likeness (QED) is 0.297. The Kier molecular flexibility index (Phi) is 4.31. The Morgan fingerprint density at radius 2 is 1.00 bits per heavy atom. The molecule has 0 aliphatic heterocycles. The molecule has 35 heavy (non-hydrogen) atoms. The molecule has 0 bridgehead atoms. The fourth-order valence-corrected chi connectivity index (χ4v) is 5.96. The molecule has 0 atom stereocenters. The monoisotopic (exact) mass is 450 g/mol. The molecule has 0 saturated carbocycles. The third-order valence-corrected chi connectivity index (χ3v) is 7.55. The van der Waals surface area contributed by atoms with Gasteiger partial charge in [-0.25, -0.2) is 4.79 Å². The highest BCUT2D eigenvalue weighted by Crippen LogP contribution is 2.44. The summed E-state index contributed by atoms with van der Waals surface area (Å²) in [6.45, 7) is 0. The van der Waals surface area contributed by atoms with E-state index in [-0.39, 0.29) is 0 Å². The lowest BCUT2D eigenvalue weighted by molar-refractivity contribution is 0.0698. The zero-order valence-corrected chi connectivity index (χ0v) is 19.1. The number of carboxylic acid groups (broad SMARTS) is 1. The highest BCUT2D eigenvalue weighted by molar-refractivity contribution is 6.00. The summed E-state index contributed by atoms with van der Waals surface area (Å²) in [4.78, 5) is 12.5. The van der Waals surface area contributed by atoms with Crippen molar-refractivity contribution < 1.29 is 9.90 Å². The molecule has 0 saturated heterocycles. The topological polar surface area (TPSA) is 37.3 Å². The van der Waals surface area contributed by atoms with Crippen LogP contribution in [0, 0.1) is 0 Å². The first-order valence-electron chi connectivity index (χ1n) is 12.0. The molecule has 2 heteroatoms. The maximum absolute atomic E-state index is 12.5. The standard InChI is InChI=1S/C33H22O2/c34-33(35)32-19-22(25-11-5-12-26-23-9-3-1-7-20(23)17-30(25)26)15-16-29(32)28-14-6-13-27-24-10-4-2-8-21(24)18-31(27)28/h1-16,19H,17-18H2,(H,34,35). The van der Waals surface area contributed by atoms with Crippen LogP contribution in [0.15, 0.2) is 103 Å². The fraction of sp³-hybridized carbons (Fsp3) is 0.0606. The zero-order chi connectivity index (χ0) is 23.5. The van der Waals surface area contributed by atoms with Gasteiger partial charge in [0.05, 0.1) is 5.56 Å². The van der Waals surface area contributed by atoms with Crippen LogP contribution in [-0.4, -0.2) is 11.1 Å². The smallest absolute Gasteiger partial charge is 0.336 e. The lowest BCUT2D eigenvalue weighted by Gasteiger charge is -2.15. The first-order chi connectivity index (χ1) is 17.2. The van der Waals surface area contributed by atoms with Crippen molar-refractivity contribution in [2.75, 3.05) is 0 Å². The van der Waals surface area contributed by atoms with Crippen LogP contribution in [0.2, 0.25) is 0 Å². The van der Waals surface area contributed by atoms with Crippen LogP contribution < -0.4 is 0 Å². The molecule has 1 N–H and O–H groups in total. The lowest BCUT2D eigenvalue weighted by Crippen LogP contribution is -2.02. The fourth-order valence-electron chi connectivity index (χ4n) is 5.96. The summed E-state index contributed by atoms with van der Waals surface area (Å²) in [6.07, 6.45) is 1.70. The average molecular weight is 451 g/mol. The minimum absolute atomic E-state index is 0.347. The number of hydrogen-bond acceptors (Lipinski definition) is 1. The van der Waals surface area contributed by atoms with Crippen LogP contribution in [0.25, 0.3) is 44.5 Å². The SMILES string of the molecule is O=C(O)c1cc(-c2cccc3c2Cc2ccccc2-3)ccc1-c1cccc2c1Cc1ccccc1-2. The van der Waals surface area contributed by atoms with Gasteiger partial charge < -0.3 is 5.11 Å². The van der Waals surface area contributed by atoms with E-state index in [9.17, 15) is 9.90 Å². The molecule has 0 spiro atoms. The molecule has 2 aliphatic rings. The minimum atomic E-state index is -0.897. The van der Waals surface area contributed by atoms with Crippen molar-refractivity contribution in [2.24, 2.45) is 0 Å². The molecule has 5 aromatic carbocycles. The third kappa shape index (κ3) is 3.00. The van der Waals surface area contributed by atoms with Gasteiger partial charge in [-0.1, -0.05) is 97.1 Å². The Balaban J connectivity index is 1.37. The molecule has 0 amide bonds. The predicted octanol–water partition coefficient (Wildman–Crippen LogP) is 7.86. The minimum Gasteiger partial charge on any atom is -0.478 e. The Bertz CT molecular complexity index is 1680. The summed E-state index contributed by atoms with van der Waals surface area (Å²) in [7, 11) is 0. The molecule has 5 aromatic rings. The van der Waals surface area contributed by atoms with E-state index in [1.807, 2.05) is 18.2 Å². The van der Waals surface area contributed by atoms with E-state index in [1.54, 1.807) is 0 Å². The van der Waals surface area contributed by atoms with Crippen molar-refractivity contribution in [1.29, 1.82) is 0 Å². The summed E-state index contributed by atoms with van der Waals surface area (Å²) < 4.78 is 0. The second-order valence-corrected chi connectivity index (χ2v) is 9.40. The number of hydrogen-bond donors (Lipinski definition) is 1. The number of rotatable bonds is 3. The molecule has 0 heterocycles. The Hall–Kier alpha value is -4.43. The van der Waals surface area contributed by atoms with Crippen LogP contribution in [0.3, 0.4) is 0 Å². The molecule has 0 aromatic heterocycles. The van der Waals surface area contributed by atoms with Gasteiger partial charge in [-0.3, -0.25) is 0 Å². The van der Waals surface area contributed by atoms with E-state index in [2.05, 4.69) is 84.9 Å². The first kappa shape index (κ1) is 20.0. The van der Waals surface area contributed by atoms with Gasteiger partial charge in [0.15, 0.2) is 0 Å². The van der Waals surface area contributed by atoms with E-state index in [0.29, 0.717) is 5.56 Å². The summed E-state index contributed by atoms with van der Waals surface area (Å²) in [5.74, 6) is -0.897. The maximum atomic E-state index is 12.5. The van der Waals surface area contributed by atoms with Gasteiger partial charge in [-0.05, 0) is 85.7 Å². The van der Waals surface area contributed by atoms with Crippen LogP contribution in [0.4, 0.5) is 0 Å². The number of carbonyl (C=O) groups is 1. The molecule has 0 radical (unpaired) electrons. The normalized spacial score (nSPS) is 12.6.